The van der Waals surface area contributed by atoms with Crippen LogP contribution in [0.25, 0.3) is 0 Å². The van der Waals surface area contributed by atoms with Gasteiger partial charge in [-0.2, -0.15) is 0 Å². The number of nitrogens with two attached hydrogens (primary N) is 1. The Bertz CT molecular complexity index is 536. The molecule has 1 aliphatic rings. The summed E-state index contributed by atoms with van der Waals surface area (Å²) in [4.78, 5) is 12.8. The van der Waals surface area contributed by atoms with Gasteiger partial charge in [0, 0.05) is 16.2 Å². The van der Waals surface area contributed by atoms with Crippen LogP contribution in [0.15, 0.2) is 23.1 Å². The molecule has 2 unspecified atom stereocenters. The number of rotatable bonds is 7. The zero-order valence-electron chi connectivity index (χ0n) is 12.2. The van der Waals surface area contributed by atoms with Crippen molar-refractivity contribution in [3.8, 4) is 0 Å². The van der Waals surface area contributed by atoms with Crippen molar-refractivity contribution in [2.24, 2.45) is 5.73 Å². The van der Waals surface area contributed by atoms with Crippen LogP contribution in [-0.2, 0) is 4.79 Å². The van der Waals surface area contributed by atoms with Gasteiger partial charge in [-0.1, -0.05) is 30.1 Å². The van der Waals surface area contributed by atoms with Crippen LogP contribution in [0.5, 0.6) is 0 Å². The third kappa shape index (κ3) is 4.78. The van der Waals surface area contributed by atoms with E-state index in [0.29, 0.717) is 22.5 Å². The first-order chi connectivity index (χ1) is 9.80. The molecular formula is C15H20Cl2N2OS. The minimum Gasteiger partial charge on any atom is -0.368 e. The molecule has 0 radical (unpaired) electrons. The summed E-state index contributed by atoms with van der Waals surface area (Å²) in [6.07, 6.45) is 2.91. The van der Waals surface area contributed by atoms with E-state index in [-0.39, 0.29) is 11.2 Å². The number of benzene rings is 1. The van der Waals surface area contributed by atoms with E-state index in [9.17, 15) is 4.79 Å². The second-order valence-electron chi connectivity index (χ2n) is 5.82. The van der Waals surface area contributed by atoms with Crippen molar-refractivity contribution < 1.29 is 4.79 Å². The number of halogens is 2. The molecule has 0 aliphatic heterocycles. The van der Waals surface area contributed by atoms with E-state index >= 15 is 0 Å². The lowest BCUT2D eigenvalue weighted by molar-refractivity contribution is -0.124. The summed E-state index contributed by atoms with van der Waals surface area (Å²) in [7, 11) is 0. The SMILES string of the molecule is CC(CC(C)(NC1CC1)C(N)=O)Sc1ccc(Cl)c(Cl)c1. The zero-order chi connectivity index (χ0) is 15.6. The largest absolute Gasteiger partial charge is 0.368 e. The lowest BCUT2D eigenvalue weighted by Crippen LogP contribution is -2.55. The average molecular weight is 347 g/mol. The van der Waals surface area contributed by atoms with Crippen molar-refractivity contribution in [1.82, 2.24) is 5.32 Å². The molecule has 21 heavy (non-hydrogen) atoms. The molecule has 1 aromatic rings. The van der Waals surface area contributed by atoms with Crippen LogP contribution in [0.3, 0.4) is 0 Å². The van der Waals surface area contributed by atoms with Gasteiger partial charge in [0.05, 0.1) is 15.6 Å². The first-order valence-electron chi connectivity index (χ1n) is 6.99. The van der Waals surface area contributed by atoms with Crippen LogP contribution < -0.4 is 11.1 Å². The van der Waals surface area contributed by atoms with Gasteiger partial charge in [-0.25, -0.2) is 0 Å². The highest BCUT2D eigenvalue weighted by atomic mass is 35.5. The zero-order valence-corrected chi connectivity index (χ0v) is 14.5. The number of hydrogen-bond acceptors (Lipinski definition) is 3. The monoisotopic (exact) mass is 346 g/mol. The molecule has 0 spiro atoms. The molecule has 1 amide bonds. The minimum absolute atomic E-state index is 0.228. The van der Waals surface area contributed by atoms with Crippen LogP contribution in [-0.4, -0.2) is 22.7 Å². The van der Waals surface area contributed by atoms with E-state index in [2.05, 4.69) is 12.2 Å². The molecule has 3 nitrogen and oxygen atoms in total. The highest BCUT2D eigenvalue weighted by Crippen LogP contribution is 2.34. The van der Waals surface area contributed by atoms with Crippen LogP contribution in [0, 0.1) is 0 Å². The average Bonchev–Trinajstić information content (AvgIpc) is 3.17. The molecule has 0 heterocycles. The fraction of sp³-hybridized carbons (Fsp3) is 0.533. The molecule has 3 N–H and O–H groups in total. The lowest BCUT2D eigenvalue weighted by Gasteiger charge is -2.30. The summed E-state index contributed by atoms with van der Waals surface area (Å²) < 4.78 is 0. The molecule has 0 saturated heterocycles. The van der Waals surface area contributed by atoms with Crippen LogP contribution in [0.2, 0.25) is 10.0 Å². The second-order valence-corrected chi connectivity index (χ2v) is 8.15. The summed E-state index contributed by atoms with van der Waals surface area (Å²) in [5.74, 6) is -0.295. The van der Waals surface area contributed by atoms with Crippen molar-refractivity contribution in [2.45, 2.75) is 54.8 Å². The van der Waals surface area contributed by atoms with Crippen molar-refractivity contribution >= 4 is 40.9 Å². The maximum Gasteiger partial charge on any atom is 0.237 e. The third-order valence-electron chi connectivity index (χ3n) is 3.57. The molecule has 2 atom stereocenters. The van der Waals surface area contributed by atoms with Gasteiger partial charge in [0.25, 0.3) is 0 Å². The molecule has 1 aliphatic carbocycles. The maximum absolute atomic E-state index is 11.8. The van der Waals surface area contributed by atoms with Crippen molar-refractivity contribution in [1.29, 1.82) is 0 Å². The fourth-order valence-electron chi connectivity index (χ4n) is 2.31. The second kappa shape index (κ2) is 6.78. The lowest BCUT2D eigenvalue weighted by atomic mass is 9.95. The summed E-state index contributed by atoms with van der Waals surface area (Å²) in [6, 6.07) is 6.01. The Labute approximate surface area is 139 Å². The molecule has 1 fully saturated rings. The van der Waals surface area contributed by atoms with E-state index in [1.165, 1.54) is 0 Å². The highest BCUT2D eigenvalue weighted by molar-refractivity contribution is 8.00. The van der Waals surface area contributed by atoms with Gasteiger partial charge in [0.1, 0.15) is 0 Å². The normalized spacial score (nSPS) is 19.0. The number of nitrogens with one attached hydrogen (secondary N) is 1. The number of hydrogen-bond donors (Lipinski definition) is 2. The van der Waals surface area contributed by atoms with Gasteiger partial charge in [-0.15, -0.1) is 11.8 Å². The predicted octanol–water partition coefficient (Wildman–Crippen LogP) is 3.86. The smallest absolute Gasteiger partial charge is 0.237 e. The Kier molecular flexibility index (Phi) is 5.47. The Morgan fingerprint density at radius 1 is 1.48 bits per heavy atom. The van der Waals surface area contributed by atoms with E-state index < -0.39 is 5.54 Å². The van der Waals surface area contributed by atoms with E-state index in [1.54, 1.807) is 17.8 Å². The van der Waals surface area contributed by atoms with Gasteiger partial charge in [-0.05, 0) is 44.4 Å². The Hall–Kier alpha value is -0.420. The number of carbonyl (C=O) groups excluding carboxylic acids is 1. The molecular weight excluding hydrogens is 327 g/mol. The first-order valence-corrected chi connectivity index (χ1v) is 8.63. The molecule has 2 rings (SSSR count). The van der Waals surface area contributed by atoms with E-state index in [1.807, 2.05) is 19.1 Å². The Balaban J connectivity index is 1.99. The quantitative estimate of drug-likeness (QED) is 0.737. The van der Waals surface area contributed by atoms with Crippen LogP contribution in [0.4, 0.5) is 0 Å². The standard InChI is InChI=1S/C15H20Cl2N2OS/c1-9(21-11-5-6-12(16)13(17)7-11)8-15(2,14(18)20)19-10-3-4-10/h5-7,9-10,19H,3-4,8H2,1-2H3,(H2,18,20). The van der Waals surface area contributed by atoms with Gasteiger partial charge in [0.2, 0.25) is 5.91 Å². The summed E-state index contributed by atoms with van der Waals surface area (Å²) in [6.45, 7) is 3.97. The van der Waals surface area contributed by atoms with Crippen LogP contribution in [0.1, 0.15) is 33.1 Å². The van der Waals surface area contributed by atoms with E-state index in [4.69, 9.17) is 28.9 Å². The molecule has 6 heteroatoms. The fourth-order valence-corrected chi connectivity index (χ4v) is 3.88. The Morgan fingerprint density at radius 3 is 2.67 bits per heavy atom. The van der Waals surface area contributed by atoms with Gasteiger partial charge in [-0.3, -0.25) is 4.79 Å². The first kappa shape index (κ1) is 16.9. The number of primary amides is 1. The highest BCUT2D eigenvalue weighted by Gasteiger charge is 2.38. The number of carbonyl (C=O) groups is 1. The molecule has 0 aromatic heterocycles. The number of thioether (sulfide) groups is 1. The predicted molar refractivity (Wildman–Crippen MR) is 90.2 cm³/mol. The van der Waals surface area contributed by atoms with Gasteiger partial charge in [0.15, 0.2) is 0 Å². The van der Waals surface area contributed by atoms with Crippen molar-refractivity contribution in [2.75, 3.05) is 0 Å². The number of amides is 1. The molecule has 1 aromatic carbocycles. The topological polar surface area (TPSA) is 55.1 Å². The van der Waals surface area contributed by atoms with Crippen molar-refractivity contribution in [3.05, 3.63) is 28.2 Å². The summed E-state index contributed by atoms with van der Waals surface area (Å²) >= 11 is 13.6. The van der Waals surface area contributed by atoms with Crippen LogP contribution >= 0.6 is 35.0 Å². The Morgan fingerprint density at radius 2 is 2.14 bits per heavy atom. The summed E-state index contributed by atoms with van der Waals surface area (Å²) in [5.41, 5.74) is 4.92. The van der Waals surface area contributed by atoms with E-state index in [0.717, 1.165) is 17.7 Å². The minimum atomic E-state index is -0.663. The molecule has 0 bridgehead atoms. The summed E-state index contributed by atoms with van der Waals surface area (Å²) in [5, 5.41) is 4.69. The maximum atomic E-state index is 11.8. The van der Waals surface area contributed by atoms with Gasteiger partial charge < -0.3 is 11.1 Å². The van der Waals surface area contributed by atoms with Crippen molar-refractivity contribution in [3.63, 3.8) is 0 Å². The third-order valence-corrected chi connectivity index (χ3v) is 5.40. The molecule has 1 saturated carbocycles. The van der Waals surface area contributed by atoms with Gasteiger partial charge >= 0.3 is 0 Å². The molecule has 116 valence electrons.